The molecule has 3 heteroatoms. The van der Waals surface area contributed by atoms with Gasteiger partial charge in [0.25, 0.3) is 0 Å². The van der Waals surface area contributed by atoms with E-state index in [9.17, 15) is 0 Å². The average molecular weight is 215 g/mol. The molecule has 0 saturated carbocycles. The molecule has 3 heterocycles. The molecule has 0 bridgehead atoms. The SMILES string of the molecule is CN1CCCC(c2cn3ccccc3n2)C1. The normalized spacial score (nSPS) is 22.7. The van der Waals surface area contributed by atoms with Gasteiger partial charge in [-0.3, -0.25) is 0 Å². The Balaban J connectivity index is 1.93. The number of rotatable bonds is 1. The van der Waals surface area contributed by atoms with E-state index in [4.69, 9.17) is 4.98 Å². The zero-order valence-corrected chi connectivity index (χ0v) is 9.63. The number of likely N-dealkylation sites (N-methyl/N-ethyl adjacent to an activating group) is 1. The first-order valence-electron chi connectivity index (χ1n) is 5.95. The monoisotopic (exact) mass is 215 g/mol. The summed E-state index contributed by atoms with van der Waals surface area (Å²) in [6, 6.07) is 6.15. The van der Waals surface area contributed by atoms with Gasteiger partial charge in [0, 0.05) is 24.9 Å². The molecule has 0 aromatic carbocycles. The second-order valence-electron chi connectivity index (χ2n) is 4.73. The predicted molar refractivity (Wildman–Crippen MR) is 64.7 cm³/mol. The van der Waals surface area contributed by atoms with Crippen molar-refractivity contribution < 1.29 is 0 Å². The molecule has 3 nitrogen and oxygen atoms in total. The highest BCUT2D eigenvalue weighted by Gasteiger charge is 2.20. The van der Waals surface area contributed by atoms with Crippen molar-refractivity contribution in [2.75, 3.05) is 20.1 Å². The molecule has 1 saturated heterocycles. The summed E-state index contributed by atoms with van der Waals surface area (Å²) < 4.78 is 2.12. The lowest BCUT2D eigenvalue weighted by atomic mass is 9.96. The second-order valence-corrected chi connectivity index (χ2v) is 4.73. The first-order valence-corrected chi connectivity index (χ1v) is 5.95. The summed E-state index contributed by atoms with van der Waals surface area (Å²) in [4.78, 5) is 7.11. The minimum Gasteiger partial charge on any atom is -0.307 e. The van der Waals surface area contributed by atoms with Crippen LogP contribution in [0.3, 0.4) is 0 Å². The fourth-order valence-electron chi connectivity index (χ4n) is 2.56. The number of nitrogens with zero attached hydrogens (tertiary/aromatic N) is 3. The molecule has 16 heavy (non-hydrogen) atoms. The first-order chi connectivity index (χ1) is 7.83. The largest absolute Gasteiger partial charge is 0.307 e. The van der Waals surface area contributed by atoms with E-state index < -0.39 is 0 Å². The Morgan fingerprint density at radius 3 is 3.12 bits per heavy atom. The zero-order chi connectivity index (χ0) is 11.0. The highest BCUT2D eigenvalue weighted by molar-refractivity contribution is 5.40. The number of imidazole rings is 1. The molecule has 0 N–H and O–H groups in total. The topological polar surface area (TPSA) is 20.5 Å². The maximum absolute atomic E-state index is 4.71. The number of pyridine rings is 1. The van der Waals surface area contributed by atoms with Crippen LogP contribution in [0, 0.1) is 0 Å². The summed E-state index contributed by atoms with van der Waals surface area (Å²) in [7, 11) is 2.20. The van der Waals surface area contributed by atoms with Crippen molar-refractivity contribution in [3.63, 3.8) is 0 Å². The molecule has 0 amide bonds. The van der Waals surface area contributed by atoms with Crippen molar-refractivity contribution in [2.45, 2.75) is 18.8 Å². The third kappa shape index (κ3) is 1.71. The average Bonchev–Trinajstić information content (AvgIpc) is 2.72. The molecule has 0 spiro atoms. The van der Waals surface area contributed by atoms with Gasteiger partial charge < -0.3 is 9.30 Å². The van der Waals surface area contributed by atoms with Gasteiger partial charge in [-0.15, -0.1) is 0 Å². The van der Waals surface area contributed by atoms with Crippen LogP contribution in [0.2, 0.25) is 0 Å². The van der Waals surface area contributed by atoms with Crippen LogP contribution in [-0.2, 0) is 0 Å². The van der Waals surface area contributed by atoms with Gasteiger partial charge >= 0.3 is 0 Å². The van der Waals surface area contributed by atoms with Crippen LogP contribution in [0.5, 0.6) is 0 Å². The molecule has 3 rings (SSSR count). The lowest BCUT2D eigenvalue weighted by Crippen LogP contribution is -2.30. The Kier molecular flexibility index (Phi) is 2.40. The predicted octanol–water partition coefficient (Wildman–Crippen LogP) is 2.14. The Labute approximate surface area is 95.7 Å². The molecule has 1 fully saturated rings. The third-order valence-corrected chi connectivity index (χ3v) is 3.43. The summed E-state index contributed by atoms with van der Waals surface area (Å²) in [6.07, 6.45) is 6.81. The van der Waals surface area contributed by atoms with Gasteiger partial charge in [0.2, 0.25) is 0 Å². The van der Waals surface area contributed by atoms with Crippen molar-refractivity contribution in [1.82, 2.24) is 14.3 Å². The van der Waals surface area contributed by atoms with Gasteiger partial charge in [-0.05, 0) is 38.6 Å². The van der Waals surface area contributed by atoms with Gasteiger partial charge in [0.1, 0.15) is 5.65 Å². The van der Waals surface area contributed by atoms with Gasteiger partial charge in [0.15, 0.2) is 0 Å². The van der Waals surface area contributed by atoms with Crippen molar-refractivity contribution >= 4 is 5.65 Å². The Hall–Kier alpha value is -1.35. The highest BCUT2D eigenvalue weighted by atomic mass is 15.1. The standard InChI is InChI=1S/C13H17N3/c1-15-7-4-5-11(9-15)12-10-16-8-3-2-6-13(16)14-12/h2-3,6,8,10-11H,4-5,7,9H2,1H3. The van der Waals surface area contributed by atoms with Gasteiger partial charge in [-0.25, -0.2) is 4.98 Å². The molecule has 0 aliphatic carbocycles. The van der Waals surface area contributed by atoms with E-state index in [1.165, 1.54) is 25.1 Å². The fourth-order valence-corrected chi connectivity index (χ4v) is 2.56. The molecule has 1 atom stereocenters. The molecule has 2 aromatic rings. The smallest absolute Gasteiger partial charge is 0.136 e. The molecule has 2 aromatic heterocycles. The number of piperidine rings is 1. The Bertz CT molecular complexity index is 456. The third-order valence-electron chi connectivity index (χ3n) is 3.43. The molecule has 1 unspecified atom stereocenters. The quantitative estimate of drug-likeness (QED) is 0.726. The summed E-state index contributed by atoms with van der Waals surface area (Å²) in [5.41, 5.74) is 2.31. The lowest BCUT2D eigenvalue weighted by molar-refractivity contribution is 0.249. The van der Waals surface area contributed by atoms with Crippen molar-refractivity contribution in [1.29, 1.82) is 0 Å². The van der Waals surface area contributed by atoms with Gasteiger partial charge in [-0.1, -0.05) is 6.07 Å². The number of likely N-dealkylation sites (tertiary alicyclic amines) is 1. The fraction of sp³-hybridized carbons (Fsp3) is 0.462. The van der Waals surface area contributed by atoms with E-state index in [0.717, 1.165) is 12.2 Å². The minimum absolute atomic E-state index is 0.610. The molecule has 1 aliphatic heterocycles. The molecular formula is C13H17N3. The lowest BCUT2D eigenvalue weighted by Gasteiger charge is -2.28. The van der Waals surface area contributed by atoms with Crippen LogP contribution in [0.25, 0.3) is 5.65 Å². The number of aromatic nitrogens is 2. The van der Waals surface area contributed by atoms with Crippen molar-refractivity contribution in [2.24, 2.45) is 0 Å². The van der Waals surface area contributed by atoms with Crippen LogP contribution < -0.4 is 0 Å². The van der Waals surface area contributed by atoms with Crippen LogP contribution in [-0.4, -0.2) is 34.4 Å². The molecule has 84 valence electrons. The first kappa shape index (κ1) is 9.85. The molecule has 0 radical (unpaired) electrons. The zero-order valence-electron chi connectivity index (χ0n) is 9.63. The van der Waals surface area contributed by atoms with E-state index in [0.29, 0.717) is 5.92 Å². The van der Waals surface area contributed by atoms with Gasteiger partial charge in [-0.2, -0.15) is 0 Å². The van der Waals surface area contributed by atoms with Crippen LogP contribution in [0.1, 0.15) is 24.5 Å². The van der Waals surface area contributed by atoms with E-state index in [1.54, 1.807) is 0 Å². The van der Waals surface area contributed by atoms with Crippen molar-refractivity contribution in [3.8, 4) is 0 Å². The maximum Gasteiger partial charge on any atom is 0.136 e. The van der Waals surface area contributed by atoms with Crippen LogP contribution in [0.15, 0.2) is 30.6 Å². The number of hydrogen-bond donors (Lipinski definition) is 0. The summed E-state index contributed by atoms with van der Waals surface area (Å²) >= 11 is 0. The van der Waals surface area contributed by atoms with E-state index in [2.05, 4.69) is 34.8 Å². The van der Waals surface area contributed by atoms with E-state index >= 15 is 0 Å². The number of hydrogen-bond acceptors (Lipinski definition) is 2. The minimum atomic E-state index is 0.610. The van der Waals surface area contributed by atoms with Gasteiger partial charge in [0.05, 0.1) is 5.69 Å². The summed E-state index contributed by atoms with van der Waals surface area (Å²) in [5, 5.41) is 0. The summed E-state index contributed by atoms with van der Waals surface area (Å²) in [6.45, 7) is 2.37. The Morgan fingerprint density at radius 2 is 2.31 bits per heavy atom. The second kappa shape index (κ2) is 3.91. The van der Waals surface area contributed by atoms with Crippen LogP contribution >= 0.6 is 0 Å². The molecular weight excluding hydrogens is 198 g/mol. The number of fused-ring (bicyclic) bond motifs is 1. The maximum atomic E-state index is 4.71. The molecule has 1 aliphatic rings. The highest BCUT2D eigenvalue weighted by Crippen LogP contribution is 2.25. The van der Waals surface area contributed by atoms with E-state index in [-0.39, 0.29) is 0 Å². The Morgan fingerprint density at radius 1 is 1.38 bits per heavy atom. The van der Waals surface area contributed by atoms with Crippen LogP contribution in [0.4, 0.5) is 0 Å². The summed E-state index contributed by atoms with van der Waals surface area (Å²) in [5.74, 6) is 0.610. The van der Waals surface area contributed by atoms with E-state index in [1.807, 2.05) is 12.1 Å². The van der Waals surface area contributed by atoms with Crippen molar-refractivity contribution in [3.05, 3.63) is 36.3 Å².